The summed E-state index contributed by atoms with van der Waals surface area (Å²) in [5, 5.41) is 2.06. The van der Waals surface area contributed by atoms with Crippen LogP contribution in [0, 0.1) is 10.5 Å². The van der Waals surface area contributed by atoms with E-state index in [1.54, 1.807) is 0 Å². The van der Waals surface area contributed by atoms with E-state index in [1.165, 1.54) is 31.3 Å². The number of hydrogen-bond acceptors (Lipinski definition) is 0. The molecule has 2 aromatic carbocycles. The number of aromatic nitrogens is 1. The van der Waals surface area contributed by atoms with Gasteiger partial charge in [-0.2, -0.15) is 0 Å². The van der Waals surface area contributed by atoms with Gasteiger partial charge in [-0.3, -0.25) is 0 Å². The Balaban J connectivity index is 2.34. The molecule has 1 nitrogen and oxygen atoms in total. The van der Waals surface area contributed by atoms with Crippen molar-refractivity contribution in [2.75, 3.05) is 0 Å². The van der Waals surface area contributed by atoms with Crippen LogP contribution in [0.1, 0.15) is 5.69 Å². The predicted octanol–water partition coefficient (Wildman–Crippen LogP) is 5.40. The third-order valence-corrected chi connectivity index (χ3v) is 4.24. The Labute approximate surface area is 124 Å². The van der Waals surface area contributed by atoms with Gasteiger partial charge in [0.1, 0.15) is 0 Å². The third kappa shape index (κ3) is 1.93. The first-order chi connectivity index (χ1) is 8.66. The van der Waals surface area contributed by atoms with E-state index in [-0.39, 0.29) is 0 Å². The van der Waals surface area contributed by atoms with Gasteiger partial charge in [0.15, 0.2) is 0 Å². The van der Waals surface area contributed by atoms with Crippen molar-refractivity contribution >= 4 is 45.1 Å². The van der Waals surface area contributed by atoms with Crippen LogP contribution in [-0.4, -0.2) is 4.98 Å². The molecule has 1 N–H and O–H groups in total. The van der Waals surface area contributed by atoms with E-state index in [2.05, 4.69) is 64.8 Å². The first-order valence-corrected chi connectivity index (χ1v) is 7.15. The third-order valence-electron chi connectivity index (χ3n) is 3.09. The van der Waals surface area contributed by atoms with Crippen molar-refractivity contribution in [2.45, 2.75) is 6.92 Å². The Hall–Kier alpha value is -1.00. The van der Waals surface area contributed by atoms with Crippen LogP contribution in [0.5, 0.6) is 0 Å². The van der Waals surface area contributed by atoms with E-state index in [4.69, 9.17) is 11.6 Å². The molecular formula is C15H11ClIN. The average molecular weight is 368 g/mol. The largest absolute Gasteiger partial charge is 0.358 e. The molecule has 0 amide bonds. The lowest BCUT2D eigenvalue weighted by molar-refractivity contribution is 1.30. The molecule has 3 heteroatoms. The van der Waals surface area contributed by atoms with Gasteiger partial charge in [-0.05, 0) is 59.3 Å². The van der Waals surface area contributed by atoms with Gasteiger partial charge >= 0.3 is 0 Å². The summed E-state index contributed by atoms with van der Waals surface area (Å²) in [5.41, 5.74) is 4.85. The van der Waals surface area contributed by atoms with Crippen LogP contribution < -0.4 is 0 Å². The Morgan fingerprint density at radius 1 is 1.06 bits per heavy atom. The number of hydrogen-bond donors (Lipinski definition) is 1. The number of benzene rings is 2. The molecule has 0 aliphatic heterocycles. The molecule has 0 spiro atoms. The molecule has 1 heterocycles. The fourth-order valence-corrected chi connectivity index (χ4v) is 3.21. The Kier molecular flexibility index (Phi) is 3.08. The minimum absolute atomic E-state index is 0.769. The van der Waals surface area contributed by atoms with E-state index < -0.39 is 0 Å². The second-order valence-electron chi connectivity index (χ2n) is 4.29. The van der Waals surface area contributed by atoms with Gasteiger partial charge in [-0.1, -0.05) is 29.8 Å². The molecule has 0 saturated carbocycles. The van der Waals surface area contributed by atoms with Crippen molar-refractivity contribution in [1.82, 2.24) is 4.98 Å². The molecule has 0 aliphatic rings. The van der Waals surface area contributed by atoms with Crippen molar-refractivity contribution in [2.24, 2.45) is 0 Å². The molecule has 0 unspecified atom stereocenters. The van der Waals surface area contributed by atoms with Gasteiger partial charge in [-0.25, -0.2) is 0 Å². The van der Waals surface area contributed by atoms with Crippen molar-refractivity contribution in [3.63, 3.8) is 0 Å². The van der Waals surface area contributed by atoms with Gasteiger partial charge in [0.05, 0.1) is 0 Å². The van der Waals surface area contributed by atoms with Gasteiger partial charge in [0.2, 0.25) is 0 Å². The minimum atomic E-state index is 0.769. The first-order valence-electron chi connectivity index (χ1n) is 5.69. The standard InChI is InChI=1S/C15H11ClIN/c1-9-14(10-5-7-11(16)8-6-10)15-12(17)3-2-4-13(15)18-9/h2-8,18H,1H3. The van der Waals surface area contributed by atoms with Crippen molar-refractivity contribution in [3.05, 3.63) is 56.8 Å². The van der Waals surface area contributed by atoms with Gasteiger partial charge in [-0.15, -0.1) is 0 Å². The highest BCUT2D eigenvalue weighted by Crippen LogP contribution is 2.35. The van der Waals surface area contributed by atoms with Crippen molar-refractivity contribution in [1.29, 1.82) is 0 Å². The lowest BCUT2D eigenvalue weighted by Gasteiger charge is -2.03. The summed E-state index contributed by atoms with van der Waals surface area (Å²) >= 11 is 8.34. The highest BCUT2D eigenvalue weighted by Gasteiger charge is 2.12. The lowest BCUT2D eigenvalue weighted by Crippen LogP contribution is -1.81. The monoisotopic (exact) mass is 367 g/mol. The molecule has 3 rings (SSSR count). The Bertz CT molecular complexity index is 713. The van der Waals surface area contributed by atoms with E-state index in [0.717, 1.165) is 5.02 Å². The Morgan fingerprint density at radius 3 is 2.50 bits per heavy atom. The summed E-state index contributed by atoms with van der Waals surface area (Å²) in [4.78, 5) is 3.44. The van der Waals surface area contributed by atoms with Crippen LogP contribution in [0.3, 0.4) is 0 Å². The Morgan fingerprint density at radius 2 is 1.78 bits per heavy atom. The van der Waals surface area contributed by atoms with E-state index >= 15 is 0 Å². The average Bonchev–Trinajstić information content (AvgIpc) is 2.68. The zero-order chi connectivity index (χ0) is 12.7. The predicted molar refractivity (Wildman–Crippen MR) is 86.2 cm³/mol. The number of fused-ring (bicyclic) bond motifs is 1. The summed E-state index contributed by atoms with van der Waals surface area (Å²) in [6, 6.07) is 14.3. The molecule has 18 heavy (non-hydrogen) atoms. The highest BCUT2D eigenvalue weighted by molar-refractivity contribution is 14.1. The molecule has 90 valence electrons. The second kappa shape index (κ2) is 4.59. The van der Waals surface area contributed by atoms with Gasteiger partial charge in [0.25, 0.3) is 0 Å². The summed E-state index contributed by atoms with van der Waals surface area (Å²) in [6.07, 6.45) is 0. The first kappa shape index (κ1) is 12.1. The maximum absolute atomic E-state index is 5.95. The fourth-order valence-electron chi connectivity index (χ4n) is 2.31. The molecule has 1 aromatic heterocycles. The van der Waals surface area contributed by atoms with Gasteiger partial charge in [0, 0.05) is 30.8 Å². The normalized spacial score (nSPS) is 11.1. The summed E-state index contributed by atoms with van der Waals surface area (Å²) < 4.78 is 1.26. The summed E-state index contributed by atoms with van der Waals surface area (Å²) in [7, 11) is 0. The second-order valence-corrected chi connectivity index (χ2v) is 5.89. The summed E-state index contributed by atoms with van der Waals surface area (Å²) in [5.74, 6) is 0. The SMILES string of the molecule is Cc1[nH]c2cccc(I)c2c1-c1ccc(Cl)cc1. The number of nitrogens with one attached hydrogen (secondary N) is 1. The zero-order valence-corrected chi connectivity index (χ0v) is 12.7. The van der Waals surface area contributed by atoms with Crippen LogP contribution in [-0.2, 0) is 0 Å². The number of aryl methyl sites for hydroxylation is 1. The number of aromatic amines is 1. The van der Waals surface area contributed by atoms with Gasteiger partial charge < -0.3 is 4.98 Å². The van der Waals surface area contributed by atoms with Crippen LogP contribution in [0.25, 0.3) is 22.0 Å². The van der Waals surface area contributed by atoms with E-state index in [9.17, 15) is 0 Å². The molecule has 3 aromatic rings. The molecule has 0 bridgehead atoms. The lowest BCUT2D eigenvalue weighted by atomic mass is 10.0. The van der Waals surface area contributed by atoms with Crippen LogP contribution in [0.4, 0.5) is 0 Å². The van der Waals surface area contributed by atoms with Crippen LogP contribution >= 0.6 is 34.2 Å². The smallest absolute Gasteiger partial charge is 0.0473 e. The highest BCUT2D eigenvalue weighted by atomic mass is 127. The summed E-state index contributed by atoms with van der Waals surface area (Å²) in [6.45, 7) is 2.11. The number of halogens is 2. The zero-order valence-electron chi connectivity index (χ0n) is 9.80. The maximum atomic E-state index is 5.95. The van der Waals surface area contributed by atoms with Crippen LogP contribution in [0.2, 0.25) is 5.02 Å². The molecule has 0 atom stereocenters. The van der Waals surface area contributed by atoms with E-state index in [1.807, 2.05) is 12.1 Å². The molecule has 0 saturated heterocycles. The van der Waals surface area contributed by atoms with Crippen molar-refractivity contribution in [3.8, 4) is 11.1 Å². The quantitative estimate of drug-likeness (QED) is 0.554. The molecular weight excluding hydrogens is 357 g/mol. The topological polar surface area (TPSA) is 15.8 Å². The number of H-pyrrole nitrogens is 1. The van der Waals surface area contributed by atoms with Crippen LogP contribution in [0.15, 0.2) is 42.5 Å². The molecule has 0 radical (unpaired) electrons. The fraction of sp³-hybridized carbons (Fsp3) is 0.0667. The minimum Gasteiger partial charge on any atom is -0.358 e. The molecule has 0 fully saturated rings. The number of rotatable bonds is 1. The van der Waals surface area contributed by atoms with Crippen molar-refractivity contribution < 1.29 is 0 Å². The van der Waals surface area contributed by atoms with E-state index in [0.29, 0.717) is 0 Å². The maximum Gasteiger partial charge on any atom is 0.0473 e. The molecule has 0 aliphatic carbocycles.